The zero-order chi connectivity index (χ0) is 11.7. The van der Waals surface area contributed by atoms with Gasteiger partial charge in [0.2, 0.25) is 5.13 Å². The number of aromatic nitrogens is 4. The molecule has 0 saturated heterocycles. The summed E-state index contributed by atoms with van der Waals surface area (Å²) in [6.45, 7) is 1.83. The summed E-state index contributed by atoms with van der Waals surface area (Å²) in [7, 11) is 1.72. The van der Waals surface area contributed by atoms with Crippen molar-refractivity contribution in [3.8, 4) is 0 Å². The maximum Gasteiger partial charge on any atom is 0.276 e. The van der Waals surface area contributed by atoms with Gasteiger partial charge in [-0.25, -0.2) is 0 Å². The van der Waals surface area contributed by atoms with Crippen LogP contribution in [0.3, 0.4) is 0 Å². The molecule has 1 amide bonds. The summed E-state index contributed by atoms with van der Waals surface area (Å²) in [5, 5.41) is 15.7. The van der Waals surface area contributed by atoms with E-state index in [2.05, 4.69) is 43.2 Å². The lowest BCUT2D eigenvalue weighted by atomic mass is 10.4. The summed E-state index contributed by atoms with van der Waals surface area (Å²) in [5.74, 6) is -0.222. The Morgan fingerprint density at radius 2 is 2.31 bits per heavy atom. The van der Waals surface area contributed by atoms with Crippen LogP contribution in [0.4, 0.5) is 5.13 Å². The molecule has 2 heterocycles. The molecule has 0 atom stereocenters. The number of carbonyl (C=O) groups excluding carboxylic acids is 1. The molecule has 2 rings (SSSR count). The molecule has 0 aliphatic heterocycles. The molecule has 2 aromatic rings. The Labute approximate surface area is 109 Å². The minimum Gasteiger partial charge on any atom is -0.295 e. The third kappa shape index (κ3) is 2.21. The normalized spacial score (nSPS) is 10.4. The first-order valence-corrected chi connectivity index (χ1v) is 6.26. The minimum atomic E-state index is -0.222. The Bertz CT molecular complexity index is 515. The summed E-state index contributed by atoms with van der Waals surface area (Å²) in [6.07, 6.45) is 1.64. The lowest BCUT2D eigenvalue weighted by molar-refractivity contribution is 0.101. The van der Waals surface area contributed by atoms with E-state index in [-0.39, 0.29) is 5.91 Å². The van der Waals surface area contributed by atoms with E-state index < -0.39 is 0 Å². The van der Waals surface area contributed by atoms with Gasteiger partial charge in [-0.05, 0) is 29.5 Å². The molecule has 0 fully saturated rings. The van der Waals surface area contributed by atoms with Gasteiger partial charge in [-0.1, -0.05) is 11.3 Å². The molecular weight excluding hydrogens is 341 g/mol. The monoisotopic (exact) mass is 349 g/mol. The van der Waals surface area contributed by atoms with E-state index in [1.54, 1.807) is 13.2 Å². The van der Waals surface area contributed by atoms with Crippen molar-refractivity contribution in [2.75, 3.05) is 5.32 Å². The van der Waals surface area contributed by atoms with Crippen LogP contribution in [0.2, 0.25) is 0 Å². The Hall–Kier alpha value is -1.03. The van der Waals surface area contributed by atoms with Crippen molar-refractivity contribution in [1.29, 1.82) is 0 Å². The fraction of sp³-hybridized carbons (Fsp3) is 0.250. The number of anilines is 1. The quantitative estimate of drug-likeness (QED) is 0.833. The van der Waals surface area contributed by atoms with Crippen LogP contribution in [-0.2, 0) is 7.05 Å². The topological polar surface area (TPSA) is 72.7 Å². The smallest absolute Gasteiger partial charge is 0.276 e. The third-order valence-corrected chi connectivity index (χ3v) is 3.40. The molecule has 1 N–H and O–H groups in total. The highest BCUT2D eigenvalue weighted by atomic mass is 127. The van der Waals surface area contributed by atoms with Crippen molar-refractivity contribution >= 4 is 45.0 Å². The SMILES string of the molecule is Cc1nnc(NC(=O)c2c(I)cnn2C)s1. The molecular formula is C8H8IN5OS. The van der Waals surface area contributed by atoms with Crippen molar-refractivity contribution < 1.29 is 4.79 Å². The molecule has 0 radical (unpaired) electrons. The van der Waals surface area contributed by atoms with Gasteiger partial charge in [0, 0.05) is 7.05 Å². The first kappa shape index (κ1) is 11.5. The first-order chi connectivity index (χ1) is 7.58. The summed E-state index contributed by atoms with van der Waals surface area (Å²) >= 11 is 3.41. The van der Waals surface area contributed by atoms with Gasteiger partial charge < -0.3 is 0 Å². The van der Waals surface area contributed by atoms with Crippen LogP contribution in [-0.4, -0.2) is 25.9 Å². The molecule has 0 aliphatic rings. The highest BCUT2D eigenvalue weighted by molar-refractivity contribution is 14.1. The lowest BCUT2D eigenvalue weighted by Gasteiger charge is -2.01. The Balaban J connectivity index is 2.21. The van der Waals surface area contributed by atoms with Gasteiger partial charge in [-0.3, -0.25) is 14.8 Å². The Morgan fingerprint density at radius 1 is 1.56 bits per heavy atom. The van der Waals surface area contributed by atoms with Crippen LogP contribution in [0.1, 0.15) is 15.5 Å². The van der Waals surface area contributed by atoms with E-state index in [1.807, 2.05) is 6.92 Å². The maximum absolute atomic E-state index is 11.9. The van der Waals surface area contributed by atoms with Gasteiger partial charge in [-0.2, -0.15) is 5.10 Å². The molecule has 16 heavy (non-hydrogen) atoms. The zero-order valence-electron chi connectivity index (χ0n) is 8.56. The predicted octanol–water partition coefficient (Wildman–Crippen LogP) is 1.44. The number of carbonyl (C=O) groups is 1. The largest absolute Gasteiger partial charge is 0.295 e. The van der Waals surface area contributed by atoms with E-state index in [1.165, 1.54) is 16.0 Å². The second kappa shape index (κ2) is 4.45. The number of hydrogen-bond acceptors (Lipinski definition) is 5. The van der Waals surface area contributed by atoms with Crippen molar-refractivity contribution in [2.45, 2.75) is 6.92 Å². The predicted molar refractivity (Wildman–Crippen MR) is 68.5 cm³/mol. The molecule has 0 aromatic carbocycles. The van der Waals surface area contributed by atoms with Gasteiger partial charge in [0.05, 0.1) is 9.77 Å². The minimum absolute atomic E-state index is 0.222. The Morgan fingerprint density at radius 3 is 2.81 bits per heavy atom. The van der Waals surface area contributed by atoms with Crippen LogP contribution in [0.25, 0.3) is 0 Å². The summed E-state index contributed by atoms with van der Waals surface area (Å²) < 4.78 is 2.34. The number of amides is 1. The number of nitrogens with one attached hydrogen (secondary N) is 1. The maximum atomic E-state index is 11.9. The van der Waals surface area contributed by atoms with Crippen LogP contribution in [0.15, 0.2) is 6.20 Å². The van der Waals surface area contributed by atoms with Gasteiger partial charge in [0.25, 0.3) is 5.91 Å². The number of aryl methyl sites for hydroxylation is 2. The van der Waals surface area contributed by atoms with Crippen molar-refractivity contribution in [3.05, 3.63) is 20.5 Å². The van der Waals surface area contributed by atoms with E-state index >= 15 is 0 Å². The van der Waals surface area contributed by atoms with Gasteiger partial charge >= 0.3 is 0 Å². The highest BCUT2D eigenvalue weighted by Crippen LogP contribution is 2.16. The van der Waals surface area contributed by atoms with E-state index in [0.29, 0.717) is 10.8 Å². The molecule has 0 saturated carbocycles. The molecule has 84 valence electrons. The number of nitrogens with zero attached hydrogens (tertiary/aromatic N) is 4. The van der Waals surface area contributed by atoms with Gasteiger partial charge in [0.15, 0.2) is 0 Å². The zero-order valence-corrected chi connectivity index (χ0v) is 11.5. The molecule has 8 heteroatoms. The molecule has 0 bridgehead atoms. The molecule has 2 aromatic heterocycles. The highest BCUT2D eigenvalue weighted by Gasteiger charge is 2.16. The third-order valence-electron chi connectivity index (χ3n) is 1.86. The summed E-state index contributed by atoms with van der Waals surface area (Å²) in [4.78, 5) is 11.9. The fourth-order valence-electron chi connectivity index (χ4n) is 1.17. The number of hydrogen-bond donors (Lipinski definition) is 1. The molecule has 0 spiro atoms. The standard InChI is InChI=1S/C8H8IN5OS/c1-4-12-13-8(16-4)11-7(15)6-5(9)3-10-14(6)2/h3H,1-2H3,(H,11,13,15). The number of rotatable bonds is 2. The van der Waals surface area contributed by atoms with Crippen LogP contribution >= 0.6 is 33.9 Å². The fourth-order valence-corrected chi connectivity index (χ4v) is 2.47. The summed E-state index contributed by atoms with van der Waals surface area (Å²) in [5.41, 5.74) is 0.522. The second-order valence-corrected chi connectivity index (χ2v) is 5.39. The van der Waals surface area contributed by atoms with E-state index in [9.17, 15) is 4.79 Å². The van der Waals surface area contributed by atoms with Crippen LogP contribution < -0.4 is 5.32 Å². The molecule has 0 unspecified atom stereocenters. The first-order valence-electron chi connectivity index (χ1n) is 4.37. The van der Waals surface area contributed by atoms with Crippen molar-refractivity contribution in [1.82, 2.24) is 20.0 Å². The molecule has 6 nitrogen and oxygen atoms in total. The average molecular weight is 349 g/mol. The van der Waals surface area contributed by atoms with Crippen LogP contribution in [0.5, 0.6) is 0 Å². The number of halogens is 1. The van der Waals surface area contributed by atoms with E-state index in [0.717, 1.165) is 8.58 Å². The lowest BCUT2D eigenvalue weighted by Crippen LogP contribution is -2.17. The molecule has 0 aliphatic carbocycles. The van der Waals surface area contributed by atoms with Crippen LogP contribution in [0, 0.1) is 10.5 Å². The average Bonchev–Trinajstić information content (AvgIpc) is 2.74. The van der Waals surface area contributed by atoms with Crippen molar-refractivity contribution in [2.24, 2.45) is 7.05 Å². The Kier molecular flexibility index (Phi) is 3.19. The van der Waals surface area contributed by atoms with Gasteiger partial charge in [0.1, 0.15) is 10.7 Å². The van der Waals surface area contributed by atoms with Crippen molar-refractivity contribution in [3.63, 3.8) is 0 Å². The van der Waals surface area contributed by atoms with E-state index in [4.69, 9.17) is 0 Å². The summed E-state index contributed by atoms with van der Waals surface area (Å²) in [6, 6.07) is 0. The second-order valence-electron chi connectivity index (χ2n) is 3.05. The van der Waals surface area contributed by atoms with Gasteiger partial charge in [-0.15, -0.1) is 10.2 Å².